The average molecular weight is 338 g/mol. The van der Waals surface area contributed by atoms with E-state index in [1.807, 2.05) is 36.4 Å². The van der Waals surface area contributed by atoms with Crippen LogP contribution in [0.5, 0.6) is 0 Å². The van der Waals surface area contributed by atoms with Crippen LogP contribution in [0.3, 0.4) is 0 Å². The molecule has 0 fully saturated rings. The standard InChI is InChI=1S/C13H6Br2O/c14-11-6-9-8-4-2-1-3-7(8)5-10(9)13(16)12(11)15/h1-6H. The van der Waals surface area contributed by atoms with Crippen LogP contribution in [0.25, 0.3) is 11.6 Å². The topological polar surface area (TPSA) is 17.1 Å². The van der Waals surface area contributed by atoms with Gasteiger partial charge < -0.3 is 0 Å². The van der Waals surface area contributed by atoms with Crippen molar-refractivity contribution in [1.82, 2.24) is 0 Å². The quantitative estimate of drug-likeness (QED) is 0.698. The van der Waals surface area contributed by atoms with Gasteiger partial charge in [0.15, 0.2) is 0 Å². The third-order valence-corrected chi connectivity index (χ3v) is 4.71. The number of benzene rings is 1. The molecule has 2 aliphatic rings. The van der Waals surface area contributed by atoms with Crippen molar-refractivity contribution < 1.29 is 4.79 Å². The van der Waals surface area contributed by atoms with Gasteiger partial charge in [0.05, 0.1) is 4.48 Å². The summed E-state index contributed by atoms with van der Waals surface area (Å²) in [4.78, 5) is 12.0. The predicted molar refractivity (Wildman–Crippen MR) is 72.3 cm³/mol. The zero-order valence-corrected chi connectivity index (χ0v) is 11.3. The second kappa shape index (κ2) is 3.54. The zero-order chi connectivity index (χ0) is 11.3. The number of fused-ring (bicyclic) bond motifs is 3. The first-order chi connectivity index (χ1) is 7.68. The summed E-state index contributed by atoms with van der Waals surface area (Å²) in [7, 11) is 0. The highest BCUT2D eigenvalue weighted by Crippen LogP contribution is 2.43. The van der Waals surface area contributed by atoms with Crippen molar-refractivity contribution in [3.05, 3.63) is 56.0 Å². The van der Waals surface area contributed by atoms with Crippen molar-refractivity contribution in [3.63, 3.8) is 0 Å². The Morgan fingerprint density at radius 3 is 2.50 bits per heavy atom. The van der Waals surface area contributed by atoms with E-state index in [0.717, 1.165) is 26.8 Å². The van der Waals surface area contributed by atoms with Gasteiger partial charge in [-0.1, -0.05) is 24.3 Å². The maximum atomic E-state index is 12.0. The highest BCUT2D eigenvalue weighted by atomic mass is 79.9. The molecule has 1 aromatic carbocycles. The van der Waals surface area contributed by atoms with Crippen LogP contribution in [-0.2, 0) is 4.79 Å². The fourth-order valence-electron chi connectivity index (χ4n) is 2.01. The number of hydrogen-bond donors (Lipinski definition) is 0. The number of allylic oxidation sites excluding steroid dienone is 5. The Bertz CT molecular complexity index is 606. The summed E-state index contributed by atoms with van der Waals surface area (Å²) in [5.41, 5.74) is 4.02. The minimum atomic E-state index is 0.0422. The second-order valence-electron chi connectivity index (χ2n) is 3.69. The Morgan fingerprint density at radius 1 is 0.938 bits per heavy atom. The SMILES string of the molecule is O=C1C2=Cc3ccccc3C2=CC(Br)=C1Br. The number of ketones is 1. The van der Waals surface area contributed by atoms with E-state index < -0.39 is 0 Å². The smallest absolute Gasteiger partial charge is 0.201 e. The summed E-state index contributed by atoms with van der Waals surface area (Å²) < 4.78 is 1.40. The maximum Gasteiger partial charge on any atom is 0.201 e. The molecule has 0 atom stereocenters. The van der Waals surface area contributed by atoms with Crippen LogP contribution in [0.4, 0.5) is 0 Å². The first kappa shape index (κ1) is 10.2. The van der Waals surface area contributed by atoms with E-state index in [2.05, 4.69) is 31.9 Å². The molecule has 0 saturated carbocycles. The molecule has 0 radical (unpaired) electrons. The molecule has 2 aliphatic carbocycles. The van der Waals surface area contributed by atoms with Gasteiger partial charge in [0.1, 0.15) is 0 Å². The van der Waals surface area contributed by atoms with E-state index in [0.29, 0.717) is 4.48 Å². The average Bonchev–Trinajstić information content (AvgIpc) is 2.65. The number of carbonyl (C=O) groups excluding carboxylic acids is 1. The van der Waals surface area contributed by atoms with Crippen LogP contribution in [-0.4, -0.2) is 5.78 Å². The molecule has 0 saturated heterocycles. The molecule has 0 bridgehead atoms. The van der Waals surface area contributed by atoms with Crippen LogP contribution in [0.15, 0.2) is 44.9 Å². The van der Waals surface area contributed by atoms with Crippen LogP contribution < -0.4 is 0 Å². The fourth-order valence-corrected chi connectivity index (χ4v) is 2.74. The van der Waals surface area contributed by atoms with E-state index in [9.17, 15) is 4.79 Å². The van der Waals surface area contributed by atoms with Gasteiger partial charge in [-0.05, 0) is 60.7 Å². The molecular formula is C13H6Br2O. The van der Waals surface area contributed by atoms with Gasteiger partial charge in [0, 0.05) is 10.1 Å². The minimum absolute atomic E-state index is 0.0422. The van der Waals surface area contributed by atoms with Gasteiger partial charge in [-0.2, -0.15) is 0 Å². The lowest BCUT2D eigenvalue weighted by Gasteiger charge is -2.12. The molecule has 0 aromatic heterocycles. The number of hydrogen-bond acceptors (Lipinski definition) is 1. The molecule has 0 amide bonds. The molecule has 0 heterocycles. The largest absolute Gasteiger partial charge is 0.288 e. The van der Waals surface area contributed by atoms with E-state index in [4.69, 9.17) is 0 Å². The third kappa shape index (κ3) is 1.31. The summed E-state index contributed by atoms with van der Waals surface area (Å²) in [5, 5.41) is 0. The van der Waals surface area contributed by atoms with E-state index in [1.165, 1.54) is 0 Å². The summed E-state index contributed by atoms with van der Waals surface area (Å²) >= 11 is 6.69. The Morgan fingerprint density at radius 2 is 1.69 bits per heavy atom. The van der Waals surface area contributed by atoms with Crippen molar-refractivity contribution in [3.8, 4) is 0 Å². The van der Waals surface area contributed by atoms with Crippen molar-refractivity contribution in [2.45, 2.75) is 0 Å². The van der Waals surface area contributed by atoms with Crippen molar-refractivity contribution in [1.29, 1.82) is 0 Å². The molecule has 1 aromatic rings. The van der Waals surface area contributed by atoms with Gasteiger partial charge in [0.2, 0.25) is 5.78 Å². The maximum absolute atomic E-state index is 12.0. The normalized spacial score (nSPS) is 18.0. The van der Waals surface area contributed by atoms with E-state index in [1.54, 1.807) is 0 Å². The molecule has 0 spiro atoms. The lowest BCUT2D eigenvalue weighted by molar-refractivity contribution is -0.111. The summed E-state index contributed by atoms with van der Waals surface area (Å²) in [6, 6.07) is 8.03. The highest BCUT2D eigenvalue weighted by molar-refractivity contribution is 9.14. The molecule has 0 unspecified atom stereocenters. The zero-order valence-electron chi connectivity index (χ0n) is 8.13. The number of rotatable bonds is 0. The number of halogens is 2. The Kier molecular flexibility index (Phi) is 2.26. The van der Waals surface area contributed by atoms with Gasteiger partial charge >= 0.3 is 0 Å². The van der Waals surface area contributed by atoms with Crippen LogP contribution in [0.2, 0.25) is 0 Å². The van der Waals surface area contributed by atoms with Crippen LogP contribution in [0.1, 0.15) is 11.1 Å². The summed E-state index contributed by atoms with van der Waals surface area (Å²) in [6.45, 7) is 0. The van der Waals surface area contributed by atoms with Gasteiger partial charge in [-0.3, -0.25) is 4.79 Å². The Balaban J connectivity index is 2.28. The van der Waals surface area contributed by atoms with Gasteiger partial charge in [0.25, 0.3) is 0 Å². The van der Waals surface area contributed by atoms with Crippen LogP contribution >= 0.6 is 31.9 Å². The minimum Gasteiger partial charge on any atom is -0.288 e. The van der Waals surface area contributed by atoms with Crippen LogP contribution in [0, 0.1) is 0 Å². The lowest BCUT2D eigenvalue weighted by atomic mass is 9.96. The summed E-state index contributed by atoms with van der Waals surface area (Å²) in [6.07, 6.45) is 3.94. The van der Waals surface area contributed by atoms with Crippen molar-refractivity contribution >= 4 is 49.3 Å². The molecule has 3 rings (SSSR count). The molecule has 78 valence electrons. The van der Waals surface area contributed by atoms with Gasteiger partial charge in [-0.15, -0.1) is 0 Å². The van der Waals surface area contributed by atoms with Gasteiger partial charge in [-0.25, -0.2) is 0 Å². The third-order valence-electron chi connectivity index (χ3n) is 2.77. The monoisotopic (exact) mass is 336 g/mol. The molecule has 16 heavy (non-hydrogen) atoms. The molecular weight excluding hydrogens is 332 g/mol. The first-order valence-electron chi connectivity index (χ1n) is 4.81. The molecule has 0 aliphatic heterocycles. The van der Waals surface area contributed by atoms with E-state index in [-0.39, 0.29) is 5.78 Å². The van der Waals surface area contributed by atoms with Crippen molar-refractivity contribution in [2.24, 2.45) is 0 Å². The van der Waals surface area contributed by atoms with Crippen molar-refractivity contribution in [2.75, 3.05) is 0 Å². The Hall–Kier alpha value is -0.930. The van der Waals surface area contributed by atoms with E-state index >= 15 is 0 Å². The second-order valence-corrected chi connectivity index (χ2v) is 5.34. The predicted octanol–water partition coefficient (Wildman–Crippen LogP) is 4.05. The summed E-state index contributed by atoms with van der Waals surface area (Å²) in [5.74, 6) is 0.0422. The Labute approximate surface area is 110 Å². The number of Topliss-reactive ketones (excluding diaryl/α,β-unsaturated/α-hetero) is 1. The molecule has 1 nitrogen and oxygen atoms in total. The fraction of sp³-hybridized carbons (Fsp3) is 0. The number of carbonyl (C=O) groups is 1. The molecule has 0 N–H and O–H groups in total. The first-order valence-corrected chi connectivity index (χ1v) is 6.40. The lowest BCUT2D eigenvalue weighted by Crippen LogP contribution is -2.06. The highest BCUT2D eigenvalue weighted by Gasteiger charge is 2.29. The molecule has 3 heteroatoms.